The molecule has 0 spiro atoms. The van der Waals surface area contributed by atoms with E-state index >= 15 is 0 Å². The van der Waals surface area contributed by atoms with Crippen molar-refractivity contribution in [3.63, 3.8) is 0 Å². The third kappa shape index (κ3) is 10.7. The average molecular weight is 698 g/mol. The summed E-state index contributed by atoms with van der Waals surface area (Å²) in [6.45, 7) is 7.31. The highest BCUT2D eigenvalue weighted by Gasteiger charge is 2.31. The summed E-state index contributed by atoms with van der Waals surface area (Å²) in [4.78, 5) is 30.0. The number of nitrogen functional groups attached to an aromatic ring is 2. The molecule has 4 N–H and O–H groups in total. The number of carbonyl (C=O) groups excluding carboxylic acids is 1. The Bertz CT molecular complexity index is 1700. The van der Waals surface area contributed by atoms with E-state index in [-0.39, 0.29) is 17.8 Å². The van der Waals surface area contributed by atoms with Crippen LogP contribution < -0.4 is 11.5 Å². The maximum Gasteiger partial charge on any atom is 0.292 e. The van der Waals surface area contributed by atoms with E-state index in [1.54, 1.807) is 6.07 Å². The molecule has 4 heterocycles. The zero-order valence-corrected chi connectivity index (χ0v) is 27.9. The molecule has 0 atom stereocenters. The summed E-state index contributed by atoms with van der Waals surface area (Å²) in [5, 5.41) is 8.88. The Morgan fingerprint density at radius 3 is 2.16 bits per heavy atom. The lowest BCUT2D eigenvalue weighted by Crippen LogP contribution is -2.51. The van der Waals surface area contributed by atoms with Gasteiger partial charge in [0.15, 0.2) is 11.2 Å². The highest BCUT2D eigenvalue weighted by atomic mass is 16.6. The molecule has 0 bridgehead atoms. The van der Waals surface area contributed by atoms with Gasteiger partial charge in [0.1, 0.15) is 23.4 Å². The van der Waals surface area contributed by atoms with Crippen LogP contribution in [0.1, 0.15) is 6.42 Å². The maximum absolute atomic E-state index is 12.7. The zero-order valence-electron chi connectivity index (χ0n) is 27.9. The monoisotopic (exact) mass is 697 g/mol. The van der Waals surface area contributed by atoms with Gasteiger partial charge < -0.3 is 49.2 Å². The van der Waals surface area contributed by atoms with Crippen molar-refractivity contribution < 1.29 is 37.6 Å². The first-order chi connectivity index (χ1) is 24.5. The molecular weight excluding hydrogens is 654 g/mol. The molecule has 270 valence electrons. The average Bonchev–Trinajstić information content (AvgIpc) is 3.66. The number of nitrogens with two attached hydrogens (primary N) is 2. The molecule has 1 aliphatic heterocycles. The summed E-state index contributed by atoms with van der Waals surface area (Å²) < 4.78 is 39.8. The number of nitrogens with zero attached hydrogens (tertiary/aromatic N) is 9. The lowest BCUT2D eigenvalue weighted by molar-refractivity contribution is -0.139. The number of anilines is 2. The highest BCUT2D eigenvalue weighted by molar-refractivity contribution is 5.99. The van der Waals surface area contributed by atoms with E-state index in [4.69, 9.17) is 54.9 Å². The number of oxazole rings is 1. The Morgan fingerprint density at radius 2 is 1.52 bits per heavy atom. The van der Waals surface area contributed by atoms with E-state index in [1.165, 1.54) is 6.33 Å². The molecule has 1 aromatic carbocycles. The predicted octanol–water partition coefficient (Wildman–Crippen LogP) is 2.06. The first-order valence-corrected chi connectivity index (χ1v) is 16.4. The first kappa shape index (κ1) is 36.7. The molecule has 50 heavy (non-hydrogen) atoms. The van der Waals surface area contributed by atoms with Gasteiger partial charge in [-0.1, -0.05) is 5.11 Å². The lowest BCUT2D eigenvalue weighted by atomic mass is 10.00. The van der Waals surface area contributed by atoms with Crippen molar-refractivity contribution in [1.29, 1.82) is 0 Å². The molecule has 0 saturated carbocycles. The van der Waals surface area contributed by atoms with E-state index in [1.807, 2.05) is 21.7 Å². The number of benzene rings is 1. The number of hydrogen-bond donors (Lipinski definition) is 2. The van der Waals surface area contributed by atoms with Crippen molar-refractivity contribution in [2.24, 2.45) is 11.0 Å². The molecule has 0 unspecified atom stereocenters. The van der Waals surface area contributed by atoms with E-state index in [0.29, 0.717) is 146 Å². The summed E-state index contributed by atoms with van der Waals surface area (Å²) in [5.74, 6) is 0.608. The number of rotatable bonds is 24. The molecule has 1 saturated heterocycles. The molecule has 5 rings (SSSR count). The topological polar surface area (TPSA) is 246 Å². The van der Waals surface area contributed by atoms with Crippen LogP contribution in [0.25, 0.3) is 43.8 Å². The second kappa shape index (κ2) is 19.5. The van der Waals surface area contributed by atoms with Crippen LogP contribution in [-0.2, 0) is 39.8 Å². The second-order valence-electron chi connectivity index (χ2n) is 11.3. The minimum absolute atomic E-state index is 0.0510. The van der Waals surface area contributed by atoms with Gasteiger partial charge in [-0.3, -0.25) is 4.79 Å². The number of aromatic nitrogens is 5. The van der Waals surface area contributed by atoms with Crippen LogP contribution in [0.5, 0.6) is 0 Å². The van der Waals surface area contributed by atoms with Gasteiger partial charge in [0.05, 0.1) is 91.1 Å². The van der Waals surface area contributed by atoms with Crippen molar-refractivity contribution >= 4 is 39.9 Å². The van der Waals surface area contributed by atoms with Gasteiger partial charge in [0.25, 0.3) is 6.01 Å². The highest BCUT2D eigenvalue weighted by Crippen LogP contribution is 2.33. The maximum atomic E-state index is 12.7. The minimum atomic E-state index is 0.0510. The Hall–Kier alpha value is -4.62. The number of amides is 1. The Kier molecular flexibility index (Phi) is 14.3. The molecule has 1 amide bonds. The van der Waals surface area contributed by atoms with Crippen molar-refractivity contribution in [3.05, 3.63) is 35.0 Å². The van der Waals surface area contributed by atoms with Gasteiger partial charge in [0.2, 0.25) is 5.91 Å². The summed E-state index contributed by atoms with van der Waals surface area (Å²) in [6.07, 6.45) is 1.73. The molecule has 0 aliphatic carbocycles. The molecule has 4 aromatic rings. The van der Waals surface area contributed by atoms with Crippen molar-refractivity contribution in [2.75, 3.05) is 110 Å². The molecule has 1 aliphatic rings. The van der Waals surface area contributed by atoms with Crippen LogP contribution in [0.15, 0.2) is 34.1 Å². The van der Waals surface area contributed by atoms with Crippen LogP contribution >= 0.6 is 0 Å². The molecule has 19 nitrogen and oxygen atoms in total. The smallest absolute Gasteiger partial charge is 0.292 e. The van der Waals surface area contributed by atoms with Crippen LogP contribution in [0.4, 0.5) is 11.8 Å². The normalized spacial score (nSPS) is 13.2. The lowest BCUT2D eigenvalue weighted by Gasteiger charge is -2.39. The summed E-state index contributed by atoms with van der Waals surface area (Å²) in [6, 6.07) is 5.60. The third-order valence-corrected chi connectivity index (χ3v) is 7.70. The van der Waals surface area contributed by atoms with E-state index in [2.05, 4.69) is 25.0 Å². The Balaban J connectivity index is 0.881. The van der Waals surface area contributed by atoms with Crippen molar-refractivity contribution in [2.45, 2.75) is 13.0 Å². The number of azide groups is 1. The first-order valence-electron chi connectivity index (χ1n) is 16.4. The van der Waals surface area contributed by atoms with Crippen LogP contribution in [0, 0.1) is 5.92 Å². The number of ether oxygens (including phenoxy) is 6. The van der Waals surface area contributed by atoms with E-state index < -0.39 is 0 Å². The fourth-order valence-corrected chi connectivity index (χ4v) is 5.26. The largest absolute Gasteiger partial charge is 0.424 e. The van der Waals surface area contributed by atoms with Gasteiger partial charge >= 0.3 is 0 Å². The third-order valence-electron chi connectivity index (χ3n) is 7.70. The standard InChI is InChI=1S/C31H43N11O8/c32-29-27-28(23-1-2-25-24(17-23)38-31(33)50-25)39-42(30(27)36-21-35-29)20-22-18-41(19-22)26(43)3-5-44-7-9-46-11-13-48-15-16-49-14-12-47-10-8-45-6-4-37-40-34/h1-2,17,21-22H,3-16,18-20H2,(H2,33,38)(H2,32,35,36). The predicted molar refractivity (Wildman–Crippen MR) is 181 cm³/mol. The van der Waals surface area contributed by atoms with Gasteiger partial charge in [-0.25, -0.2) is 14.6 Å². The number of likely N-dealkylation sites (tertiary alicyclic amines) is 1. The summed E-state index contributed by atoms with van der Waals surface area (Å²) >= 11 is 0. The fraction of sp³-hybridized carbons (Fsp3) is 0.581. The van der Waals surface area contributed by atoms with Crippen molar-refractivity contribution in [1.82, 2.24) is 29.6 Å². The van der Waals surface area contributed by atoms with Crippen LogP contribution in [0.2, 0.25) is 0 Å². The van der Waals surface area contributed by atoms with Gasteiger partial charge in [-0.15, -0.1) is 0 Å². The summed E-state index contributed by atoms with van der Waals surface area (Å²) in [5.41, 5.74) is 23.4. The minimum Gasteiger partial charge on any atom is -0.424 e. The van der Waals surface area contributed by atoms with Crippen LogP contribution in [-0.4, -0.2) is 134 Å². The molecular formula is C31H43N11O8. The van der Waals surface area contributed by atoms with E-state index in [9.17, 15) is 4.79 Å². The SMILES string of the molecule is [N-]=[N+]=NCCOCCOCCOCCOCCOCCOCCC(=O)N1CC(Cn2nc(-c3ccc4oc(N)nc4c3)c3c(N)ncnc32)C1. The van der Waals surface area contributed by atoms with Crippen molar-refractivity contribution in [3.8, 4) is 11.3 Å². The Labute approximate surface area is 287 Å². The molecule has 0 radical (unpaired) electrons. The number of carbonyl (C=O) groups is 1. The molecule has 19 heteroatoms. The number of hydrogen-bond acceptors (Lipinski definition) is 15. The Morgan fingerprint density at radius 1 is 0.900 bits per heavy atom. The van der Waals surface area contributed by atoms with E-state index in [0.717, 1.165) is 5.56 Å². The van der Waals surface area contributed by atoms with Gasteiger partial charge in [0, 0.05) is 42.6 Å². The zero-order chi connectivity index (χ0) is 35.0. The van der Waals surface area contributed by atoms with Gasteiger partial charge in [-0.05, 0) is 23.7 Å². The quantitative estimate of drug-likeness (QED) is 0.0461. The number of fused-ring (bicyclic) bond motifs is 2. The second-order valence-corrected chi connectivity index (χ2v) is 11.3. The van der Waals surface area contributed by atoms with Crippen LogP contribution in [0.3, 0.4) is 0 Å². The molecule has 1 fully saturated rings. The van der Waals surface area contributed by atoms with Gasteiger partial charge in [-0.2, -0.15) is 10.1 Å². The fourth-order valence-electron chi connectivity index (χ4n) is 5.26. The molecule has 3 aromatic heterocycles. The summed E-state index contributed by atoms with van der Waals surface area (Å²) in [7, 11) is 0.